The van der Waals surface area contributed by atoms with E-state index in [1.807, 2.05) is 5.32 Å². The van der Waals surface area contributed by atoms with E-state index in [0.717, 1.165) is 24.3 Å². The third kappa shape index (κ3) is 4.86. The molecular formula is C12H14F4N2O. The maximum Gasteiger partial charge on any atom is 0.412 e. The van der Waals surface area contributed by atoms with Crippen molar-refractivity contribution in [2.24, 2.45) is 5.73 Å². The second kappa shape index (κ2) is 6.01. The Balaban J connectivity index is 2.90. The third-order valence-electron chi connectivity index (χ3n) is 2.34. The number of alkyl halides is 3. The van der Waals surface area contributed by atoms with Gasteiger partial charge in [-0.3, -0.25) is 4.79 Å². The van der Waals surface area contributed by atoms with Crippen LogP contribution in [0, 0.1) is 5.82 Å². The van der Waals surface area contributed by atoms with E-state index in [-0.39, 0.29) is 12.0 Å². The molecule has 1 amide bonds. The predicted octanol–water partition coefficient (Wildman–Crippen LogP) is 2.28. The summed E-state index contributed by atoms with van der Waals surface area (Å²) in [4.78, 5) is 11.4. The van der Waals surface area contributed by atoms with Gasteiger partial charge in [0, 0.05) is 12.5 Å². The number of nitrogens with two attached hydrogens (primary N) is 1. The minimum atomic E-state index is -4.66. The van der Waals surface area contributed by atoms with Crippen LogP contribution in [0.2, 0.25) is 0 Å². The zero-order valence-electron chi connectivity index (χ0n) is 10.2. The zero-order chi connectivity index (χ0) is 14.6. The van der Waals surface area contributed by atoms with Crippen molar-refractivity contribution in [2.45, 2.75) is 31.6 Å². The summed E-state index contributed by atoms with van der Waals surface area (Å²) in [6, 6.07) is 1.08. The summed E-state index contributed by atoms with van der Waals surface area (Å²) in [6.07, 6.45) is -4.88. The number of carbonyl (C=O) groups is 1. The van der Waals surface area contributed by atoms with E-state index in [1.54, 1.807) is 0 Å². The van der Waals surface area contributed by atoms with Crippen molar-refractivity contribution in [3.8, 4) is 0 Å². The molecule has 3 nitrogen and oxygen atoms in total. The molecule has 0 aliphatic carbocycles. The second-order valence-electron chi connectivity index (χ2n) is 4.28. The number of hydrogen-bond donors (Lipinski definition) is 2. The molecular weight excluding hydrogens is 264 g/mol. The molecule has 19 heavy (non-hydrogen) atoms. The lowest BCUT2D eigenvalue weighted by Gasteiger charge is -2.22. The third-order valence-corrected chi connectivity index (χ3v) is 2.34. The summed E-state index contributed by atoms with van der Waals surface area (Å²) < 4.78 is 51.3. The first kappa shape index (κ1) is 15.4. The minimum Gasteiger partial charge on any atom is -0.341 e. The van der Waals surface area contributed by atoms with Crippen molar-refractivity contribution in [3.05, 3.63) is 35.6 Å². The Kier molecular flexibility index (Phi) is 4.88. The minimum absolute atomic E-state index is 0.215. The van der Waals surface area contributed by atoms with Gasteiger partial charge in [0.15, 0.2) is 6.04 Å². The van der Waals surface area contributed by atoms with Crippen LogP contribution in [0.15, 0.2) is 24.3 Å². The Hall–Kier alpha value is -1.63. The largest absolute Gasteiger partial charge is 0.412 e. The van der Waals surface area contributed by atoms with Gasteiger partial charge >= 0.3 is 6.18 Å². The molecule has 7 heteroatoms. The normalized spacial score (nSPS) is 14.8. The molecule has 0 radical (unpaired) electrons. The van der Waals surface area contributed by atoms with E-state index < -0.39 is 30.0 Å². The first-order valence-corrected chi connectivity index (χ1v) is 5.57. The van der Waals surface area contributed by atoms with Crippen molar-refractivity contribution >= 4 is 5.91 Å². The quantitative estimate of drug-likeness (QED) is 0.830. The number of amides is 1. The second-order valence-corrected chi connectivity index (χ2v) is 4.28. The summed E-state index contributed by atoms with van der Waals surface area (Å²) in [5, 5.41) is 1.86. The Morgan fingerprint density at radius 3 is 2.26 bits per heavy atom. The maximum absolute atomic E-state index is 12.9. The monoisotopic (exact) mass is 278 g/mol. The van der Waals surface area contributed by atoms with E-state index in [2.05, 4.69) is 0 Å². The van der Waals surface area contributed by atoms with Crippen LogP contribution < -0.4 is 11.1 Å². The van der Waals surface area contributed by atoms with Gasteiger partial charge in [0.1, 0.15) is 5.82 Å². The summed E-state index contributed by atoms with van der Waals surface area (Å²) >= 11 is 0. The zero-order valence-corrected chi connectivity index (χ0v) is 10.2. The lowest BCUT2D eigenvalue weighted by atomic mass is 10.1. The molecule has 0 bridgehead atoms. The van der Waals surface area contributed by atoms with Gasteiger partial charge in [-0.15, -0.1) is 0 Å². The first-order valence-electron chi connectivity index (χ1n) is 5.57. The summed E-state index contributed by atoms with van der Waals surface area (Å²) in [5.41, 5.74) is 5.12. The van der Waals surface area contributed by atoms with Crippen molar-refractivity contribution in [1.29, 1.82) is 0 Å². The summed E-state index contributed by atoms with van der Waals surface area (Å²) in [5.74, 6) is -1.45. The number of halogens is 4. The Labute approximate surface area is 107 Å². The number of carbonyl (C=O) groups excluding carboxylic acids is 1. The highest BCUT2D eigenvalue weighted by atomic mass is 19.4. The topological polar surface area (TPSA) is 55.1 Å². The van der Waals surface area contributed by atoms with E-state index in [1.165, 1.54) is 6.92 Å². The highest BCUT2D eigenvalue weighted by Crippen LogP contribution is 2.32. The van der Waals surface area contributed by atoms with Gasteiger partial charge < -0.3 is 11.1 Å². The van der Waals surface area contributed by atoms with Crippen molar-refractivity contribution in [3.63, 3.8) is 0 Å². The number of hydrogen-bond acceptors (Lipinski definition) is 2. The van der Waals surface area contributed by atoms with E-state index in [4.69, 9.17) is 5.73 Å². The molecule has 0 aliphatic rings. The average molecular weight is 278 g/mol. The van der Waals surface area contributed by atoms with Gasteiger partial charge in [0.05, 0.1) is 0 Å². The van der Waals surface area contributed by atoms with Gasteiger partial charge in [-0.1, -0.05) is 12.1 Å². The Morgan fingerprint density at radius 2 is 1.84 bits per heavy atom. The van der Waals surface area contributed by atoms with Crippen LogP contribution in [-0.2, 0) is 4.79 Å². The van der Waals surface area contributed by atoms with E-state index in [9.17, 15) is 22.4 Å². The van der Waals surface area contributed by atoms with Crippen LogP contribution in [0.1, 0.15) is 24.9 Å². The van der Waals surface area contributed by atoms with Crippen LogP contribution in [0.3, 0.4) is 0 Å². The average Bonchev–Trinajstić information content (AvgIpc) is 2.25. The van der Waals surface area contributed by atoms with Crippen molar-refractivity contribution < 1.29 is 22.4 Å². The van der Waals surface area contributed by atoms with E-state index >= 15 is 0 Å². The van der Waals surface area contributed by atoms with Crippen LogP contribution in [-0.4, -0.2) is 18.1 Å². The standard InChI is InChI=1S/C12H14F4N2O/c1-7(17)6-10(19)18-11(12(14,15)16)8-2-4-9(13)5-3-8/h2-5,7,11H,6,17H2,1H3,(H,18,19). The van der Waals surface area contributed by atoms with Gasteiger partial charge in [-0.25, -0.2) is 4.39 Å². The highest BCUT2D eigenvalue weighted by molar-refractivity contribution is 5.77. The number of nitrogens with one attached hydrogen (secondary N) is 1. The molecule has 1 aromatic carbocycles. The highest BCUT2D eigenvalue weighted by Gasteiger charge is 2.41. The molecule has 2 atom stereocenters. The van der Waals surface area contributed by atoms with Gasteiger partial charge in [0.25, 0.3) is 0 Å². The van der Waals surface area contributed by atoms with Crippen molar-refractivity contribution in [1.82, 2.24) is 5.32 Å². The fourth-order valence-corrected chi connectivity index (χ4v) is 1.52. The van der Waals surface area contributed by atoms with Crippen LogP contribution >= 0.6 is 0 Å². The smallest absolute Gasteiger partial charge is 0.341 e. The molecule has 0 aliphatic heterocycles. The van der Waals surface area contributed by atoms with Gasteiger partial charge in [-0.05, 0) is 24.6 Å². The molecule has 106 valence electrons. The van der Waals surface area contributed by atoms with Gasteiger partial charge in [0.2, 0.25) is 5.91 Å². The number of benzene rings is 1. The SMILES string of the molecule is CC(N)CC(=O)NC(c1ccc(F)cc1)C(F)(F)F. The molecule has 0 saturated carbocycles. The summed E-state index contributed by atoms with van der Waals surface area (Å²) in [7, 11) is 0. The molecule has 1 rings (SSSR count). The molecule has 3 N–H and O–H groups in total. The lowest BCUT2D eigenvalue weighted by Crippen LogP contribution is -2.40. The fourth-order valence-electron chi connectivity index (χ4n) is 1.52. The van der Waals surface area contributed by atoms with Gasteiger partial charge in [-0.2, -0.15) is 13.2 Å². The molecule has 0 fully saturated rings. The van der Waals surface area contributed by atoms with Crippen molar-refractivity contribution in [2.75, 3.05) is 0 Å². The summed E-state index contributed by atoms with van der Waals surface area (Å²) in [6.45, 7) is 1.51. The molecule has 2 unspecified atom stereocenters. The van der Waals surface area contributed by atoms with Crippen LogP contribution in [0.4, 0.5) is 17.6 Å². The molecule has 1 aromatic rings. The predicted molar refractivity (Wildman–Crippen MR) is 61.6 cm³/mol. The molecule has 0 heterocycles. The lowest BCUT2D eigenvalue weighted by molar-refractivity contribution is -0.163. The van der Waals surface area contributed by atoms with Crippen LogP contribution in [0.5, 0.6) is 0 Å². The van der Waals surface area contributed by atoms with E-state index in [0.29, 0.717) is 0 Å². The Morgan fingerprint density at radius 1 is 1.32 bits per heavy atom. The molecule has 0 spiro atoms. The molecule has 0 aromatic heterocycles. The Bertz CT molecular complexity index is 428. The number of rotatable bonds is 4. The first-order chi connectivity index (χ1) is 8.70. The molecule has 0 saturated heterocycles. The fraction of sp³-hybridized carbons (Fsp3) is 0.417. The maximum atomic E-state index is 12.9. The van der Waals surface area contributed by atoms with Crippen LogP contribution in [0.25, 0.3) is 0 Å².